The molecule has 3 nitrogen and oxygen atoms in total. The Morgan fingerprint density at radius 3 is 2.50 bits per heavy atom. The molecule has 2 rings (SSSR count). The largest absolute Gasteiger partial charge is 0.495 e. The Hall–Kier alpha value is -2.81. The third-order valence-corrected chi connectivity index (χ3v) is 3.13. The van der Waals surface area contributed by atoms with Crippen molar-refractivity contribution in [3.8, 4) is 22.9 Å². The number of hydrogen-bond acceptors (Lipinski definition) is 3. The number of carbonyl (C=O) groups excluding carboxylic acids is 1. The Labute approximate surface area is 124 Å². The standard InChI is InChI=1S/C16H10F3NO2/c1-22-15-12(9-21)3-2-4-13(15)10-5-6-11(8-20)14(7-10)16(17,18)19/h2-7,9H,1H3. The summed E-state index contributed by atoms with van der Waals surface area (Å²) in [5, 5.41) is 8.81. The van der Waals surface area contributed by atoms with E-state index < -0.39 is 17.3 Å². The Kier molecular flexibility index (Phi) is 4.18. The van der Waals surface area contributed by atoms with Gasteiger partial charge in [0.2, 0.25) is 0 Å². The molecule has 0 radical (unpaired) electrons. The van der Waals surface area contributed by atoms with Crippen LogP contribution in [0.15, 0.2) is 36.4 Å². The molecule has 0 aromatic heterocycles. The fourth-order valence-electron chi connectivity index (χ4n) is 2.15. The quantitative estimate of drug-likeness (QED) is 0.803. The van der Waals surface area contributed by atoms with Crippen LogP contribution in [0.3, 0.4) is 0 Å². The van der Waals surface area contributed by atoms with Crippen molar-refractivity contribution < 1.29 is 22.7 Å². The summed E-state index contributed by atoms with van der Waals surface area (Å²) in [4.78, 5) is 11.0. The van der Waals surface area contributed by atoms with Crippen LogP contribution in [0, 0.1) is 11.3 Å². The average molecular weight is 305 g/mol. The fourth-order valence-corrected chi connectivity index (χ4v) is 2.15. The summed E-state index contributed by atoms with van der Waals surface area (Å²) < 4.78 is 44.2. The Balaban J connectivity index is 2.70. The molecular weight excluding hydrogens is 295 g/mol. The smallest absolute Gasteiger partial charge is 0.417 e. The summed E-state index contributed by atoms with van der Waals surface area (Å²) in [6, 6.07) is 9.50. The van der Waals surface area contributed by atoms with Gasteiger partial charge in [-0.05, 0) is 23.8 Å². The third-order valence-electron chi connectivity index (χ3n) is 3.13. The molecule has 0 aliphatic rings. The SMILES string of the molecule is COc1c(C=O)cccc1-c1ccc(C#N)c(C(F)(F)F)c1. The first kappa shape index (κ1) is 15.6. The first-order valence-corrected chi connectivity index (χ1v) is 6.16. The maximum atomic E-state index is 13.0. The topological polar surface area (TPSA) is 50.1 Å². The first-order valence-electron chi connectivity index (χ1n) is 6.16. The zero-order valence-electron chi connectivity index (χ0n) is 11.4. The second-order valence-corrected chi connectivity index (χ2v) is 4.42. The summed E-state index contributed by atoms with van der Waals surface area (Å²) in [6.45, 7) is 0. The van der Waals surface area contributed by atoms with Crippen molar-refractivity contribution in [3.05, 3.63) is 53.1 Å². The molecule has 2 aromatic rings. The lowest BCUT2D eigenvalue weighted by Crippen LogP contribution is -2.08. The van der Waals surface area contributed by atoms with Gasteiger partial charge in [0.1, 0.15) is 5.75 Å². The van der Waals surface area contributed by atoms with Crippen molar-refractivity contribution in [1.29, 1.82) is 5.26 Å². The molecule has 0 fully saturated rings. The van der Waals surface area contributed by atoms with Crippen LogP contribution in [0.5, 0.6) is 5.75 Å². The van der Waals surface area contributed by atoms with Gasteiger partial charge in [0.05, 0.1) is 29.9 Å². The van der Waals surface area contributed by atoms with Crippen LogP contribution in [0.2, 0.25) is 0 Å². The summed E-state index contributed by atoms with van der Waals surface area (Å²) in [7, 11) is 1.33. The van der Waals surface area contributed by atoms with E-state index in [1.54, 1.807) is 12.1 Å². The minimum atomic E-state index is -4.64. The summed E-state index contributed by atoms with van der Waals surface area (Å²) in [6.07, 6.45) is -4.08. The molecular formula is C16H10F3NO2. The highest BCUT2D eigenvalue weighted by Crippen LogP contribution is 2.38. The predicted molar refractivity (Wildman–Crippen MR) is 73.5 cm³/mol. The van der Waals surface area contributed by atoms with Gasteiger partial charge in [-0.1, -0.05) is 18.2 Å². The fraction of sp³-hybridized carbons (Fsp3) is 0.125. The van der Waals surface area contributed by atoms with Crippen molar-refractivity contribution in [3.63, 3.8) is 0 Å². The zero-order valence-corrected chi connectivity index (χ0v) is 11.4. The van der Waals surface area contributed by atoms with E-state index >= 15 is 0 Å². The second kappa shape index (κ2) is 5.90. The molecule has 0 aliphatic carbocycles. The van der Waals surface area contributed by atoms with Crippen LogP contribution in [0.25, 0.3) is 11.1 Å². The van der Waals surface area contributed by atoms with Crippen LogP contribution < -0.4 is 4.74 Å². The lowest BCUT2D eigenvalue weighted by atomic mass is 9.97. The molecule has 0 aliphatic heterocycles. The van der Waals surface area contributed by atoms with Gasteiger partial charge in [-0.3, -0.25) is 4.79 Å². The van der Waals surface area contributed by atoms with E-state index in [-0.39, 0.29) is 16.9 Å². The number of benzene rings is 2. The lowest BCUT2D eigenvalue weighted by molar-refractivity contribution is -0.137. The number of para-hydroxylation sites is 1. The third kappa shape index (κ3) is 2.79. The van der Waals surface area contributed by atoms with E-state index in [1.165, 1.54) is 25.3 Å². The number of rotatable bonds is 3. The molecule has 0 N–H and O–H groups in total. The van der Waals surface area contributed by atoms with Gasteiger partial charge >= 0.3 is 6.18 Å². The molecule has 0 saturated carbocycles. The van der Waals surface area contributed by atoms with Gasteiger partial charge in [-0.25, -0.2) is 0 Å². The first-order chi connectivity index (χ1) is 10.4. The predicted octanol–water partition coefficient (Wildman–Crippen LogP) is 4.07. The molecule has 0 heterocycles. The highest BCUT2D eigenvalue weighted by Gasteiger charge is 2.34. The number of carbonyl (C=O) groups is 1. The Morgan fingerprint density at radius 2 is 1.95 bits per heavy atom. The Morgan fingerprint density at radius 1 is 1.23 bits per heavy atom. The Bertz CT molecular complexity index is 761. The highest BCUT2D eigenvalue weighted by molar-refractivity contribution is 5.86. The molecule has 2 aromatic carbocycles. The van der Waals surface area contributed by atoms with E-state index in [2.05, 4.69) is 0 Å². The van der Waals surface area contributed by atoms with Gasteiger partial charge in [-0.15, -0.1) is 0 Å². The average Bonchev–Trinajstić information content (AvgIpc) is 2.52. The zero-order chi connectivity index (χ0) is 16.3. The number of nitrogens with zero attached hydrogens (tertiary/aromatic N) is 1. The van der Waals surface area contributed by atoms with Crippen molar-refractivity contribution in [1.82, 2.24) is 0 Å². The number of aldehydes is 1. The number of halogens is 3. The van der Waals surface area contributed by atoms with Gasteiger partial charge in [0.15, 0.2) is 6.29 Å². The number of methoxy groups -OCH3 is 1. The van der Waals surface area contributed by atoms with Gasteiger partial charge < -0.3 is 4.74 Å². The van der Waals surface area contributed by atoms with Crippen molar-refractivity contribution in [2.24, 2.45) is 0 Å². The van der Waals surface area contributed by atoms with Crippen LogP contribution in [-0.4, -0.2) is 13.4 Å². The van der Waals surface area contributed by atoms with Crippen LogP contribution in [0.1, 0.15) is 21.5 Å². The van der Waals surface area contributed by atoms with E-state index in [9.17, 15) is 18.0 Å². The summed E-state index contributed by atoms with van der Waals surface area (Å²) in [5.41, 5.74) is -0.681. The molecule has 0 spiro atoms. The maximum absolute atomic E-state index is 13.0. The number of alkyl halides is 3. The van der Waals surface area contributed by atoms with Crippen LogP contribution in [0.4, 0.5) is 13.2 Å². The maximum Gasteiger partial charge on any atom is 0.417 e. The van der Waals surface area contributed by atoms with Crippen molar-refractivity contribution in [2.45, 2.75) is 6.18 Å². The molecule has 0 amide bonds. The van der Waals surface area contributed by atoms with Gasteiger partial charge in [0, 0.05) is 5.56 Å². The number of ether oxygens (including phenoxy) is 1. The monoisotopic (exact) mass is 305 g/mol. The summed E-state index contributed by atoms with van der Waals surface area (Å²) >= 11 is 0. The minimum absolute atomic E-state index is 0.190. The van der Waals surface area contributed by atoms with Gasteiger partial charge in [-0.2, -0.15) is 18.4 Å². The van der Waals surface area contributed by atoms with E-state index in [4.69, 9.17) is 10.00 Å². The van der Waals surface area contributed by atoms with E-state index in [1.807, 2.05) is 0 Å². The molecule has 0 atom stereocenters. The number of hydrogen-bond donors (Lipinski definition) is 0. The van der Waals surface area contributed by atoms with Crippen molar-refractivity contribution in [2.75, 3.05) is 7.11 Å². The highest BCUT2D eigenvalue weighted by atomic mass is 19.4. The minimum Gasteiger partial charge on any atom is -0.495 e. The molecule has 0 unspecified atom stereocenters. The van der Waals surface area contributed by atoms with Gasteiger partial charge in [0.25, 0.3) is 0 Å². The molecule has 0 bridgehead atoms. The van der Waals surface area contributed by atoms with Crippen LogP contribution >= 0.6 is 0 Å². The lowest BCUT2D eigenvalue weighted by Gasteiger charge is -2.14. The molecule has 112 valence electrons. The summed E-state index contributed by atoms with van der Waals surface area (Å²) in [5.74, 6) is 0.190. The molecule has 0 saturated heterocycles. The number of nitriles is 1. The molecule has 22 heavy (non-hydrogen) atoms. The second-order valence-electron chi connectivity index (χ2n) is 4.42. The normalized spacial score (nSPS) is 10.9. The van der Waals surface area contributed by atoms with Crippen molar-refractivity contribution >= 4 is 6.29 Å². The van der Waals surface area contributed by atoms with Crippen LogP contribution in [-0.2, 0) is 6.18 Å². The van der Waals surface area contributed by atoms with E-state index in [0.29, 0.717) is 11.8 Å². The molecule has 6 heteroatoms. The van der Waals surface area contributed by atoms with E-state index in [0.717, 1.165) is 12.1 Å².